The molecule has 1 aliphatic rings. The van der Waals surface area contributed by atoms with Crippen molar-refractivity contribution >= 4 is 17.5 Å². The summed E-state index contributed by atoms with van der Waals surface area (Å²) in [5, 5.41) is 9.79. The van der Waals surface area contributed by atoms with E-state index in [2.05, 4.69) is 4.90 Å². The summed E-state index contributed by atoms with van der Waals surface area (Å²) in [5.74, 6) is -0.620. The zero-order chi connectivity index (χ0) is 15.4. The van der Waals surface area contributed by atoms with Crippen LogP contribution in [0.4, 0.5) is 4.39 Å². The smallest absolute Gasteiger partial charge is 0.255 e. The van der Waals surface area contributed by atoms with Crippen molar-refractivity contribution in [3.8, 4) is 0 Å². The lowest BCUT2D eigenvalue weighted by atomic mass is 10.1. The Bertz CT molecular complexity index is 504. The van der Waals surface area contributed by atoms with Gasteiger partial charge in [0.1, 0.15) is 5.82 Å². The lowest BCUT2D eigenvalue weighted by molar-refractivity contribution is 0.0524. The fraction of sp³-hybridized carbons (Fsp3) is 0.533. The zero-order valence-electron chi connectivity index (χ0n) is 12.1. The highest BCUT2D eigenvalue weighted by atomic mass is 35.5. The van der Waals surface area contributed by atoms with Crippen molar-refractivity contribution in [3.63, 3.8) is 0 Å². The van der Waals surface area contributed by atoms with Crippen molar-refractivity contribution in [1.29, 1.82) is 0 Å². The van der Waals surface area contributed by atoms with Crippen LogP contribution in [0.3, 0.4) is 0 Å². The summed E-state index contributed by atoms with van der Waals surface area (Å²) in [7, 11) is 0. The number of piperazine rings is 1. The number of rotatable bonds is 4. The molecule has 0 aromatic heterocycles. The molecule has 0 bridgehead atoms. The summed E-state index contributed by atoms with van der Waals surface area (Å²) in [6.45, 7) is 5.20. The summed E-state index contributed by atoms with van der Waals surface area (Å²) in [4.78, 5) is 16.2. The van der Waals surface area contributed by atoms with Gasteiger partial charge in [0.25, 0.3) is 5.91 Å². The second kappa shape index (κ2) is 7.20. The van der Waals surface area contributed by atoms with Gasteiger partial charge in [-0.2, -0.15) is 0 Å². The molecule has 21 heavy (non-hydrogen) atoms. The molecule has 0 saturated carbocycles. The molecule has 0 radical (unpaired) electrons. The standard InChI is InChI=1S/C15H20ClFN2O2/c1-2-12(20)10-18-5-7-19(8-6-18)15(21)13-4-3-11(17)9-14(13)16/h3-4,9,12,20H,2,5-8,10H2,1H3/t12-/m0/s1. The SMILES string of the molecule is CC[C@H](O)CN1CCN(C(=O)c2ccc(F)cc2Cl)CC1. The lowest BCUT2D eigenvalue weighted by Gasteiger charge is -2.35. The van der Waals surface area contributed by atoms with Crippen molar-refractivity contribution in [3.05, 3.63) is 34.6 Å². The molecule has 0 unspecified atom stereocenters. The summed E-state index contributed by atoms with van der Waals surface area (Å²) in [5.41, 5.74) is 0.333. The molecule has 1 amide bonds. The van der Waals surface area contributed by atoms with Crippen molar-refractivity contribution in [2.24, 2.45) is 0 Å². The van der Waals surface area contributed by atoms with Crippen molar-refractivity contribution in [2.75, 3.05) is 32.7 Å². The van der Waals surface area contributed by atoms with Gasteiger partial charge in [0.2, 0.25) is 0 Å². The van der Waals surface area contributed by atoms with Gasteiger partial charge in [-0.05, 0) is 24.6 Å². The van der Waals surface area contributed by atoms with Gasteiger partial charge >= 0.3 is 0 Å². The third-order valence-corrected chi connectivity index (χ3v) is 4.07. The monoisotopic (exact) mass is 314 g/mol. The first-order valence-electron chi connectivity index (χ1n) is 7.16. The van der Waals surface area contributed by atoms with Gasteiger partial charge in [-0.25, -0.2) is 4.39 Å². The van der Waals surface area contributed by atoms with Crippen LogP contribution in [0.1, 0.15) is 23.7 Å². The molecule has 1 N–H and O–H groups in total. The molecule has 1 saturated heterocycles. The predicted octanol–water partition coefficient (Wildman–Crippen LogP) is 2.01. The molecule has 116 valence electrons. The molecule has 0 spiro atoms. The first-order valence-corrected chi connectivity index (χ1v) is 7.53. The minimum Gasteiger partial charge on any atom is -0.392 e. The second-order valence-corrected chi connectivity index (χ2v) is 5.69. The van der Waals surface area contributed by atoms with Crippen LogP contribution in [0.15, 0.2) is 18.2 Å². The van der Waals surface area contributed by atoms with E-state index in [1.165, 1.54) is 12.1 Å². The number of halogens is 2. The summed E-state index contributed by atoms with van der Waals surface area (Å²) in [6, 6.07) is 3.82. The average molecular weight is 315 g/mol. The van der Waals surface area contributed by atoms with Crippen LogP contribution in [-0.2, 0) is 0 Å². The van der Waals surface area contributed by atoms with Crippen molar-refractivity contribution < 1.29 is 14.3 Å². The third-order valence-electron chi connectivity index (χ3n) is 3.76. The Kier molecular flexibility index (Phi) is 5.56. The van der Waals surface area contributed by atoms with E-state index in [1.54, 1.807) is 4.90 Å². The van der Waals surface area contributed by atoms with E-state index in [1.807, 2.05) is 6.92 Å². The number of benzene rings is 1. The molecule has 1 atom stereocenters. The van der Waals surface area contributed by atoms with Crippen LogP contribution in [0.5, 0.6) is 0 Å². The number of β-amino-alcohol motifs (C(OH)–C–C–N with tert-alkyl or cyclic N) is 1. The van der Waals surface area contributed by atoms with Crippen molar-refractivity contribution in [1.82, 2.24) is 9.80 Å². The number of carbonyl (C=O) groups excluding carboxylic acids is 1. The quantitative estimate of drug-likeness (QED) is 0.924. The molecule has 2 rings (SSSR count). The highest BCUT2D eigenvalue weighted by Gasteiger charge is 2.24. The van der Waals surface area contributed by atoms with Crippen LogP contribution in [0.2, 0.25) is 5.02 Å². The maximum atomic E-state index is 13.0. The molecule has 0 aliphatic carbocycles. The fourth-order valence-corrected chi connectivity index (χ4v) is 2.64. The molecular weight excluding hydrogens is 295 g/mol. The largest absolute Gasteiger partial charge is 0.392 e. The maximum Gasteiger partial charge on any atom is 0.255 e. The molecule has 6 heteroatoms. The van der Waals surface area contributed by atoms with Gasteiger partial charge < -0.3 is 10.0 Å². The lowest BCUT2D eigenvalue weighted by Crippen LogP contribution is -2.50. The van der Waals surface area contributed by atoms with Crippen LogP contribution < -0.4 is 0 Å². The first-order chi connectivity index (χ1) is 10.0. The Morgan fingerprint density at radius 2 is 2.05 bits per heavy atom. The number of nitrogens with zero attached hydrogens (tertiary/aromatic N) is 2. The van der Waals surface area contributed by atoms with Crippen LogP contribution >= 0.6 is 11.6 Å². The summed E-state index contributed by atoms with van der Waals surface area (Å²) in [6.07, 6.45) is 0.406. The maximum absolute atomic E-state index is 13.0. The van der Waals surface area contributed by atoms with Crippen LogP contribution in [-0.4, -0.2) is 59.6 Å². The number of carbonyl (C=O) groups is 1. The number of hydrogen-bond donors (Lipinski definition) is 1. The van der Waals surface area contributed by atoms with Crippen LogP contribution in [0.25, 0.3) is 0 Å². The van der Waals surface area contributed by atoms with E-state index < -0.39 is 5.82 Å². The highest BCUT2D eigenvalue weighted by molar-refractivity contribution is 6.33. The Balaban J connectivity index is 1.94. The first kappa shape index (κ1) is 16.2. The van der Waals surface area contributed by atoms with Crippen molar-refractivity contribution in [2.45, 2.75) is 19.4 Å². The molecule has 1 aromatic rings. The molecule has 1 aliphatic heterocycles. The average Bonchev–Trinajstić information content (AvgIpc) is 2.47. The van der Waals surface area contributed by atoms with Gasteiger partial charge in [-0.1, -0.05) is 18.5 Å². The van der Waals surface area contributed by atoms with Gasteiger partial charge in [0, 0.05) is 32.7 Å². The van der Waals surface area contributed by atoms with E-state index in [0.29, 0.717) is 25.2 Å². The topological polar surface area (TPSA) is 43.8 Å². The minimum absolute atomic E-state index is 0.142. The Morgan fingerprint density at radius 1 is 1.38 bits per heavy atom. The van der Waals surface area contributed by atoms with E-state index in [4.69, 9.17) is 11.6 Å². The second-order valence-electron chi connectivity index (χ2n) is 5.28. The third kappa shape index (κ3) is 4.15. The Hall–Kier alpha value is -1.17. The Labute approximate surface area is 129 Å². The molecule has 1 heterocycles. The fourth-order valence-electron chi connectivity index (χ4n) is 2.39. The van der Waals surface area contributed by atoms with Gasteiger partial charge in [-0.15, -0.1) is 0 Å². The zero-order valence-corrected chi connectivity index (χ0v) is 12.8. The predicted molar refractivity (Wildman–Crippen MR) is 80.1 cm³/mol. The van der Waals surface area contributed by atoms with E-state index in [-0.39, 0.29) is 17.0 Å². The van der Waals surface area contributed by atoms with E-state index in [9.17, 15) is 14.3 Å². The number of aliphatic hydroxyl groups excluding tert-OH is 1. The highest BCUT2D eigenvalue weighted by Crippen LogP contribution is 2.20. The van der Waals surface area contributed by atoms with Crippen LogP contribution in [0, 0.1) is 5.82 Å². The Morgan fingerprint density at radius 3 is 2.62 bits per heavy atom. The van der Waals surface area contributed by atoms with Gasteiger partial charge in [0.15, 0.2) is 0 Å². The summed E-state index contributed by atoms with van der Waals surface area (Å²) >= 11 is 5.93. The number of aliphatic hydroxyl groups is 1. The molecule has 1 aromatic carbocycles. The van der Waals surface area contributed by atoms with Gasteiger partial charge in [-0.3, -0.25) is 9.69 Å². The molecule has 4 nitrogen and oxygen atoms in total. The minimum atomic E-state index is -0.449. The summed E-state index contributed by atoms with van der Waals surface area (Å²) < 4.78 is 13.0. The molecular formula is C15H20ClFN2O2. The number of amides is 1. The van der Waals surface area contributed by atoms with Gasteiger partial charge in [0.05, 0.1) is 16.7 Å². The van der Waals surface area contributed by atoms with E-state index >= 15 is 0 Å². The normalized spacial score (nSPS) is 17.8. The molecule has 1 fully saturated rings. The van der Waals surface area contributed by atoms with E-state index in [0.717, 1.165) is 25.6 Å². The number of hydrogen-bond acceptors (Lipinski definition) is 3.